The Bertz CT molecular complexity index is 1280. The van der Waals surface area contributed by atoms with Gasteiger partial charge in [-0.05, 0) is 31.5 Å². The molecule has 1 aromatic carbocycles. The third-order valence-corrected chi connectivity index (χ3v) is 6.23. The second-order valence-corrected chi connectivity index (χ2v) is 10.5. The van der Waals surface area contributed by atoms with E-state index >= 15 is 0 Å². The van der Waals surface area contributed by atoms with E-state index in [0.29, 0.717) is 24.6 Å². The van der Waals surface area contributed by atoms with Crippen molar-refractivity contribution in [2.24, 2.45) is 0 Å². The molecular weight excluding hydrogens is 428 g/mol. The predicted octanol–water partition coefficient (Wildman–Crippen LogP) is 2.46. The Balaban J connectivity index is 1.60. The van der Waals surface area contributed by atoms with Crippen LogP contribution in [0.3, 0.4) is 0 Å². The molecule has 0 unspecified atom stereocenters. The predicted molar refractivity (Wildman–Crippen MR) is 124 cm³/mol. The Hall–Kier alpha value is -3.27. The fourth-order valence-corrected chi connectivity index (χ4v) is 4.05. The number of aromatic nitrogens is 3. The zero-order chi connectivity index (χ0) is 22.9. The minimum Gasteiger partial charge on any atom is -0.365 e. The van der Waals surface area contributed by atoms with Crippen molar-refractivity contribution in [3.63, 3.8) is 0 Å². The van der Waals surface area contributed by atoms with Gasteiger partial charge < -0.3 is 15.5 Å². The molecule has 0 radical (unpaired) electrons. The molecule has 0 atom stereocenters. The Morgan fingerprint density at radius 2 is 1.94 bits per heavy atom. The van der Waals surface area contributed by atoms with Crippen LogP contribution in [0.5, 0.6) is 0 Å². The first kappa shape index (κ1) is 21.9. The average molecular weight is 455 g/mol. The number of carbonyl (C=O) groups is 1. The van der Waals surface area contributed by atoms with Crippen molar-refractivity contribution in [1.29, 1.82) is 0 Å². The van der Waals surface area contributed by atoms with Crippen LogP contribution in [-0.2, 0) is 22.9 Å². The van der Waals surface area contributed by atoms with Crippen LogP contribution in [0.4, 0.5) is 11.8 Å². The third kappa shape index (κ3) is 4.80. The smallest absolute Gasteiger partial charge is 0.273 e. The number of hydrogen-bond acceptors (Lipinski definition) is 8. The van der Waals surface area contributed by atoms with Crippen molar-refractivity contribution >= 4 is 38.4 Å². The molecule has 3 aromatic rings. The molecule has 0 bridgehead atoms. The SMILES string of the molecule is CC(C)N1Cc2c(NCc3cnc4ccccc4c3)nc(NCCS(C)(=O)=O)nc2C1=O. The van der Waals surface area contributed by atoms with Gasteiger partial charge in [0.25, 0.3) is 5.91 Å². The van der Waals surface area contributed by atoms with E-state index in [0.717, 1.165) is 22.0 Å². The number of fused-ring (bicyclic) bond motifs is 2. The van der Waals surface area contributed by atoms with Gasteiger partial charge in [0.05, 0.1) is 17.8 Å². The van der Waals surface area contributed by atoms with Gasteiger partial charge in [-0.25, -0.2) is 13.4 Å². The van der Waals surface area contributed by atoms with Crippen molar-refractivity contribution < 1.29 is 13.2 Å². The molecular formula is C22H26N6O3S. The maximum Gasteiger partial charge on any atom is 0.273 e. The Morgan fingerprint density at radius 1 is 1.16 bits per heavy atom. The molecule has 1 aliphatic heterocycles. The van der Waals surface area contributed by atoms with Crippen LogP contribution in [0.1, 0.15) is 35.5 Å². The molecule has 168 valence electrons. The van der Waals surface area contributed by atoms with Gasteiger partial charge in [0, 0.05) is 42.5 Å². The summed E-state index contributed by atoms with van der Waals surface area (Å²) in [6.45, 7) is 4.97. The van der Waals surface area contributed by atoms with E-state index < -0.39 is 9.84 Å². The lowest BCUT2D eigenvalue weighted by Gasteiger charge is -2.19. The van der Waals surface area contributed by atoms with Crippen LogP contribution in [-0.4, -0.2) is 58.8 Å². The molecule has 2 N–H and O–H groups in total. The maximum atomic E-state index is 12.9. The zero-order valence-corrected chi connectivity index (χ0v) is 19.1. The summed E-state index contributed by atoms with van der Waals surface area (Å²) in [5.41, 5.74) is 2.99. The second kappa shape index (κ2) is 8.70. The molecule has 0 spiro atoms. The van der Waals surface area contributed by atoms with Crippen LogP contribution in [0.15, 0.2) is 36.5 Å². The van der Waals surface area contributed by atoms with Gasteiger partial charge in [0.15, 0.2) is 0 Å². The molecule has 1 aliphatic rings. The summed E-state index contributed by atoms with van der Waals surface area (Å²) < 4.78 is 22.9. The molecule has 1 amide bonds. The van der Waals surface area contributed by atoms with E-state index in [-0.39, 0.29) is 30.2 Å². The van der Waals surface area contributed by atoms with Gasteiger partial charge in [-0.3, -0.25) is 9.78 Å². The molecule has 0 saturated heterocycles. The highest BCUT2D eigenvalue weighted by Gasteiger charge is 2.34. The van der Waals surface area contributed by atoms with Gasteiger partial charge >= 0.3 is 0 Å². The number of benzene rings is 1. The van der Waals surface area contributed by atoms with Crippen LogP contribution < -0.4 is 10.6 Å². The Morgan fingerprint density at radius 3 is 2.69 bits per heavy atom. The van der Waals surface area contributed by atoms with Crippen LogP contribution in [0.2, 0.25) is 0 Å². The van der Waals surface area contributed by atoms with E-state index in [2.05, 4.69) is 31.7 Å². The number of nitrogens with one attached hydrogen (secondary N) is 2. The molecule has 32 heavy (non-hydrogen) atoms. The summed E-state index contributed by atoms with van der Waals surface area (Å²) in [5, 5.41) is 7.30. The van der Waals surface area contributed by atoms with Crippen molar-refractivity contribution in [2.45, 2.75) is 33.0 Å². The Kier molecular flexibility index (Phi) is 5.96. The number of para-hydroxylation sites is 1. The van der Waals surface area contributed by atoms with Crippen LogP contribution >= 0.6 is 0 Å². The first-order chi connectivity index (χ1) is 15.2. The number of rotatable bonds is 8. The monoisotopic (exact) mass is 454 g/mol. The quantitative estimate of drug-likeness (QED) is 0.533. The van der Waals surface area contributed by atoms with Crippen LogP contribution in [0, 0.1) is 0 Å². The minimum absolute atomic E-state index is 0.0240. The van der Waals surface area contributed by atoms with E-state index in [1.807, 2.05) is 44.3 Å². The molecule has 0 fully saturated rings. The highest BCUT2D eigenvalue weighted by molar-refractivity contribution is 7.90. The normalized spacial score (nSPS) is 13.6. The zero-order valence-electron chi connectivity index (χ0n) is 18.3. The first-order valence-corrected chi connectivity index (χ1v) is 12.5. The summed E-state index contributed by atoms with van der Waals surface area (Å²) in [5.74, 6) is 0.580. The molecule has 9 nitrogen and oxygen atoms in total. The largest absolute Gasteiger partial charge is 0.365 e. The highest BCUT2D eigenvalue weighted by Crippen LogP contribution is 2.30. The molecule has 0 aliphatic carbocycles. The first-order valence-electron chi connectivity index (χ1n) is 10.4. The summed E-state index contributed by atoms with van der Waals surface area (Å²) in [4.78, 5) is 28.0. The standard InChI is InChI=1S/C22H26N6O3S/c1-14(2)28-13-17-19(21(28)29)26-22(23-8-9-32(3,30)31)27-20(17)25-12-15-10-16-6-4-5-7-18(16)24-11-15/h4-7,10-11,14H,8-9,12-13H2,1-3H3,(H2,23,25,26,27). The van der Waals surface area contributed by atoms with E-state index in [4.69, 9.17) is 0 Å². The lowest BCUT2D eigenvalue weighted by atomic mass is 10.1. The van der Waals surface area contributed by atoms with Gasteiger partial charge in [0.2, 0.25) is 5.95 Å². The fraction of sp³-hybridized carbons (Fsp3) is 0.364. The number of amides is 1. The number of pyridine rings is 1. The average Bonchev–Trinajstić information content (AvgIpc) is 3.08. The lowest BCUT2D eigenvalue weighted by Crippen LogP contribution is -2.31. The molecule has 4 rings (SSSR count). The fourth-order valence-electron chi connectivity index (χ4n) is 3.58. The maximum absolute atomic E-state index is 12.9. The third-order valence-electron chi connectivity index (χ3n) is 5.29. The van der Waals surface area contributed by atoms with E-state index in [1.54, 1.807) is 4.90 Å². The van der Waals surface area contributed by atoms with E-state index in [1.165, 1.54) is 6.26 Å². The number of anilines is 2. The number of carbonyl (C=O) groups excluding carboxylic acids is 1. The molecule has 0 saturated carbocycles. The molecule has 10 heteroatoms. The summed E-state index contributed by atoms with van der Waals surface area (Å²) >= 11 is 0. The van der Waals surface area contributed by atoms with Gasteiger partial charge in [0.1, 0.15) is 21.3 Å². The number of nitrogens with zero attached hydrogens (tertiary/aromatic N) is 4. The second-order valence-electron chi connectivity index (χ2n) is 8.20. The van der Waals surface area contributed by atoms with Crippen molar-refractivity contribution in [2.75, 3.05) is 29.2 Å². The van der Waals surface area contributed by atoms with Crippen molar-refractivity contribution in [1.82, 2.24) is 19.9 Å². The van der Waals surface area contributed by atoms with Gasteiger partial charge in [-0.15, -0.1) is 0 Å². The summed E-state index contributed by atoms with van der Waals surface area (Å²) in [6.07, 6.45) is 2.99. The topological polar surface area (TPSA) is 117 Å². The number of sulfone groups is 1. The summed E-state index contributed by atoms with van der Waals surface area (Å²) in [7, 11) is -3.13. The summed E-state index contributed by atoms with van der Waals surface area (Å²) in [6, 6.07) is 9.98. The van der Waals surface area contributed by atoms with Crippen molar-refractivity contribution in [3.05, 3.63) is 53.3 Å². The molecule has 2 aromatic heterocycles. The van der Waals surface area contributed by atoms with E-state index in [9.17, 15) is 13.2 Å². The molecule has 3 heterocycles. The van der Waals surface area contributed by atoms with Crippen LogP contribution in [0.25, 0.3) is 10.9 Å². The van der Waals surface area contributed by atoms with Gasteiger partial charge in [-0.2, -0.15) is 4.98 Å². The minimum atomic E-state index is -3.13. The number of hydrogen-bond donors (Lipinski definition) is 2. The van der Waals surface area contributed by atoms with Gasteiger partial charge in [-0.1, -0.05) is 18.2 Å². The van der Waals surface area contributed by atoms with Crippen molar-refractivity contribution in [3.8, 4) is 0 Å². The Labute approximate surface area is 187 Å². The highest BCUT2D eigenvalue weighted by atomic mass is 32.2. The lowest BCUT2D eigenvalue weighted by molar-refractivity contribution is 0.0726.